The average molecular weight is 260 g/mol. The molecule has 0 aliphatic carbocycles. The molecule has 0 saturated carbocycles. The normalized spacial score (nSPS) is 10.9. The first-order chi connectivity index (χ1) is 8.30. The van der Waals surface area contributed by atoms with E-state index in [4.69, 9.17) is 10.5 Å². The van der Waals surface area contributed by atoms with Crippen molar-refractivity contribution < 1.29 is 19.1 Å². The molecular weight excluding hydrogens is 236 g/mol. The van der Waals surface area contributed by atoms with Crippen molar-refractivity contribution in [3.63, 3.8) is 0 Å². The van der Waals surface area contributed by atoms with Crippen LogP contribution in [0.1, 0.15) is 33.6 Å². The van der Waals surface area contributed by atoms with E-state index in [0.717, 1.165) is 12.8 Å². The first-order valence-electron chi connectivity index (χ1n) is 6.05. The minimum absolute atomic E-state index is 0.101. The van der Waals surface area contributed by atoms with Gasteiger partial charge in [0.1, 0.15) is 12.1 Å². The number of carbonyl (C=O) groups is 2. The minimum atomic E-state index is -0.584. The van der Waals surface area contributed by atoms with Crippen molar-refractivity contribution in [2.75, 3.05) is 26.7 Å². The molecule has 106 valence electrons. The Kier molecular flexibility index (Phi) is 7.35. The van der Waals surface area contributed by atoms with Crippen LogP contribution in [-0.4, -0.2) is 49.3 Å². The second-order valence-electron chi connectivity index (χ2n) is 4.97. The monoisotopic (exact) mass is 260 g/mol. The van der Waals surface area contributed by atoms with Gasteiger partial charge in [0.15, 0.2) is 0 Å². The third-order valence-electron chi connectivity index (χ3n) is 2.08. The molecule has 0 aliphatic rings. The highest BCUT2D eigenvalue weighted by molar-refractivity contribution is 5.78. The Balaban J connectivity index is 4.43. The Morgan fingerprint density at radius 1 is 1.22 bits per heavy atom. The van der Waals surface area contributed by atoms with Crippen LogP contribution in [0.25, 0.3) is 0 Å². The van der Waals surface area contributed by atoms with E-state index in [2.05, 4.69) is 4.74 Å². The van der Waals surface area contributed by atoms with Gasteiger partial charge in [0.05, 0.1) is 7.11 Å². The molecule has 0 saturated heterocycles. The summed E-state index contributed by atoms with van der Waals surface area (Å²) in [6, 6.07) is 0. The predicted molar refractivity (Wildman–Crippen MR) is 68.1 cm³/mol. The average Bonchev–Trinajstić information content (AvgIpc) is 2.25. The lowest BCUT2D eigenvalue weighted by atomic mass is 10.2. The van der Waals surface area contributed by atoms with Gasteiger partial charge in [-0.1, -0.05) is 0 Å². The fourth-order valence-electron chi connectivity index (χ4n) is 1.23. The SMILES string of the molecule is COC(=O)CN(CCCCN)C(=O)OC(C)(C)C. The summed E-state index contributed by atoms with van der Waals surface area (Å²) in [5, 5.41) is 0. The molecule has 0 heterocycles. The molecule has 6 heteroatoms. The number of hydrogen-bond donors (Lipinski definition) is 1. The van der Waals surface area contributed by atoms with Gasteiger partial charge < -0.3 is 15.2 Å². The van der Waals surface area contributed by atoms with E-state index in [1.165, 1.54) is 12.0 Å². The van der Waals surface area contributed by atoms with E-state index in [9.17, 15) is 9.59 Å². The van der Waals surface area contributed by atoms with Crippen molar-refractivity contribution in [1.29, 1.82) is 0 Å². The number of nitrogens with two attached hydrogens (primary N) is 1. The van der Waals surface area contributed by atoms with Gasteiger partial charge in [-0.05, 0) is 40.2 Å². The Bertz CT molecular complexity index is 274. The Morgan fingerprint density at radius 3 is 2.28 bits per heavy atom. The molecule has 1 amide bonds. The third kappa shape index (κ3) is 7.89. The highest BCUT2D eigenvalue weighted by Gasteiger charge is 2.23. The number of rotatable bonds is 6. The highest BCUT2D eigenvalue weighted by atomic mass is 16.6. The van der Waals surface area contributed by atoms with Crippen LogP contribution in [0.5, 0.6) is 0 Å². The zero-order chi connectivity index (χ0) is 14.2. The standard InChI is InChI=1S/C12H24N2O4/c1-12(2,3)18-11(16)14(8-6-5-7-13)9-10(15)17-4/h5-9,13H2,1-4H3. The molecule has 18 heavy (non-hydrogen) atoms. The summed E-state index contributed by atoms with van der Waals surface area (Å²) in [5.41, 5.74) is 4.81. The number of esters is 1. The molecule has 0 bridgehead atoms. The van der Waals surface area contributed by atoms with Crippen molar-refractivity contribution >= 4 is 12.1 Å². The quantitative estimate of drug-likeness (QED) is 0.572. The molecule has 0 rings (SSSR count). The topological polar surface area (TPSA) is 81.9 Å². The van der Waals surface area contributed by atoms with Crippen molar-refractivity contribution in [2.24, 2.45) is 5.73 Å². The Morgan fingerprint density at radius 2 is 1.83 bits per heavy atom. The van der Waals surface area contributed by atoms with Gasteiger partial charge >= 0.3 is 12.1 Å². The number of unbranched alkanes of at least 4 members (excludes halogenated alkanes) is 1. The fraction of sp³-hybridized carbons (Fsp3) is 0.833. The van der Waals surface area contributed by atoms with Gasteiger partial charge in [-0.2, -0.15) is 0 Å². The van der Waals surface area contributed by atoms with E-state index in [-0.39, 0.29) is 6.54 Å². The molecule has 0 aromatic heterocycles. The van der Waals surface area contributed by atoms with Crippen LogP contribution in [0.2, 0.25) is 0 Å². The van der Waals surface area contributed by atoms with Crippen molar-refractivity contribution in [1.82, 2.24) is 4.90 Å². The number of methoxy groups -OCH3 is 1. The maximum atomic E-state index is 11.9. The maximum Gasteiger partial charge on any atom is 0.410 e. The molecule has 0 aliphatic heterocycles. The largest absolute Gasteiger partial charge is 0.468 e. The molecule has 0 aromatic rings. The first kappa shape index (κ1) is 16.7. The zero-order valence-corrected chi connectivity index (χ0v) is 11.7. The van der Waals surface area contributed by atoms with Crippen LogP contribution in [-0.2, 0) is 14.3 Å². The predicted octanol–water partition coefficient (Wildman–Crippen LogP) is 1.14. The van der Waals surface area contributed by atoms with Gasteiger partial charge in [0.25, 0.3) is 0 Å². The molecule has 0 unspecified atom stereocenters. The minimum Gasteiger partial charge on any atom is -0.468 e. The Labute approximate surface area is 108 Å². The second-order valence-corrected chi connectivity index (χ2v) is 4.97. The van der Waals surface area contributed by atoms with Crippen LogP contribution in [0, 0.1) is 0 Å². The van der Waals surface area contributed by atoms with E-state index in [0.29, 0.717) is 13.1 Å². The van der Waals surface area contributed by atoms with Gasteiger partial charge in [0, 0.05) is 6.54 Å². The lowest BCUT2D eigenvalue weighted by Crippen LogP contribution is -2.40. The van der Waals surface area contributed by atoms with E-state index in [1.54, 1.807) is 20.8 Å². The summed E-state index contributed by atoms with van der Waals surface area (Å²) in [6.45, 7) is 6.22. The maximum absolute atomic E-state index is 11.9. The van der Waals surface area contributed by atoms with E-state index >= 15 is 0 Å². The van der Waals surface area contributed by atoms with Crippen LogP contribution in [0.3, 0.4) is 0 Å². The summed E-state index contributed by atoms with van der Waals surface area (Å²) < 4.78 is 9.78. The van der Waals surface area contributed by atoms with Gasteiger partial charge in [-0.3, -0.25) is 9.69 Å². The highest BCUT2D eigenvalue weighted by Crippen LogP contribution is 2.10. The lowest BCUT2D eigenvalue weighted by molar-refractivity contribution is -0.141. The second kappa shape index (κ2) is 7.92. The van der Waals surface area contributed by atoms with Gasteiger partial charge in [-0.25, -0.2) is 4.79 Å². The number of nitrogens with zero attached hydrogens (tertiary/aromatic N) is 1. The first-order valence-corrected chi connectivity index (χ1v) is 6.05. The summed E-state index contributed by atoms with van der Waals surface area (Å²) in [7, 11) is 1.29. The number of carbonyl (C=O) groups excluding carboxylic acids is 2. The van der Waals surface area contributed by atoms with Crippen LogP contribution < -0.4 is 5.73 Å². The summed E-state index contributed by atoms with van der Waals surface area (Å²) in [5.74, 6) is -0.464. The number of amides is 1. The van der Waals surface area contributed by atoms with Crippen molar-refractivity contribution in [2.45, 2.75) is 39.2 Å². The molecule has 0 fully saturated rings. The third-order valence-corrected chi connectivity index (χ3v) is 2.08. The number of ether oxygens (including phenoxy) is 2. The summed E-state index contributed by atoms with van der Waals surface area (Å²) in [6.07, 6.45) is 1.01. The summed E-state index contributed by atoms with van der Waals surface area (Å²) >= 11 is 0. The molecular formula is C12H24N2O4. The van der Waals surface area contributed by atoms with Crippen LogP contribution in [0.4, 0.5) is 4.79 Å². The van der Waals surface area contributed by atoms with Gasteiger partial charge in [-0.15, -0.1) is 0 Å². The van der Waals surface area contributed by atoms with Crippen LogP contribution >= 0.6 is 0 Å². The molecule has 0 spiro atoms. The van der Waals surface area contributed by atoms with Gasteiger partial charge in [0.2, 0.25) is 0 Å². The van der Waals surface area contributed by atoms with Crippen LogP contribution in [0.15, 0.2) is 0 Å². The molecule has 0 radical (unpaired) electrons. The molecule has 6 nitrogen and oxygen atoms in total. The molecule has 0 aromatic carbocycles. The van der Waals surface area contributed by atoms with E-state index in [1.807, 2.05) is 0 Å². The lowest BCUT2D eigenvalue weighted by Gasteiger charge is -2.26. The van der Waals surface area contributed by atoms with Crippen molar-refractivity contribution in [3.05, 3.63) is 0 Å². The zero-order valence-electron chi connectivity index (χ0n) is 11.7. The summed E-state index contributed by atoms with van der Waals surface area (Å²) in [4.78, 5) is 24.4. The van der Waals surface area contributed by atoms with Crippen molar-refractivity contribution in [3.8, 4) is 0 Å². The molecule has 2 N–H and O–H groups in total. The fourth-order valence-corrected chi connectivity index (χ4v) is 1.23. The Hall–Kier alpha value is -1.30. The van der Waals surface area contributed by atoms with E-state index < -0.39 is 17.7 Å². The number of hydrogen-bond acceptors (Lipinski definition) is 5. The smallest absolute Gasteiger partial charge is 0.410 e. The molecule has 0 atom stereocenters.